The standard InChI is InChI=1S/C16H15BrClNO2/c1-3-21-14-4-5-15(10(2)6-14)19-16(20)11-7-12(17)9-13(18)8-11/h4-9H,3H2,1-2H3,(H,19,20). The van der Waals surface area contributed by atoms with E-state index in [0.717, 1.165) is 21.5 Å². The first-order valence-electron chi connectivity index (χ1n) is 6.50. The van der Waals surface area contributed by atoms with Gasteiger partial charge in [-0.25, -0.2) is 0 Å². The topological polar surface area (TPSA) is 38.3 Å². The van der Waals surface area contributed by atoms with Crippen molar-refractivity contribution in [1.82, 2.24) is 0 Å². The summed E-state index contributed by atoms with van der Waals surface area (Å²) in [5.74, 6) is 0.587. The Labute approximate surface area is 137 Å². The molecule has 110 valence electrons. The number of amides is 1. The Balaban J connectivity index is 2.19. The number of ether oxygens (including phenoxy) is 1. The van der Waals surface area contributed by atoms with Crippen molar-refractivity contribution >= 4 is 39.1 Å². The van der Waals surface area contributed by atoms with Crippen LogP contribution in [-0.4, -0.2) is 12.5 Å². The van der Waals surface area contributed by atoms with Crippen molar-refractivity contribution in [1.29, 1.82) is 0 Å². The molecule has 0 heterocycles. The molecule has 0 aliphatic carbocycles. The van der Waals surface area contributed by atoms with E-state index >= 15 is 0 Å². The second-order valence-corrected chi connectivity index (χ2v) is 5.87. The van der Waals surface area contributed by atoms with Crippen LogP contribution < -0.4 is 10.1 Å². The van der Waals surface area contributed by atoms with E-state index in [9.17, 15) is 4.79 Å². The maximum atomic E-state index is 12.3. The second-order valence-electron chi connectivity index (χ2n) is 4.52. The highest BCUT2D eigenvalue weighted by Crippen LogP contribution is 2.24. The molecule has 0 unspecified atom stereocenters. The van der Waals surface area contributed by atoms with Gasteiger partial charge in [0.2, 0.25) is 0 Å². The van der Waals surface area contributed by atoms with Crippen LogP contribution in [0.25, 0.3) is 0 Å². The highest BCUT2D eigenvalue weighted by atomic mass is 79.9. The largest absolute Gasteiger partial charge is 0.494 e. The summed E-state index contributed by atoms with van der Waals surface area (Å²) in [4.78, 5) is 12.3. The maximum absolute atomic E-state index is 12.3. The molecule has 0 saturated heterocycles. The molecule has 3 nitrogen and oxygen atoms in total. The minimum atomic E-state index is -0.203. The highest BCUT2D eigenvalue weighted by Gasteiger charge is 2.10. The Morgan fingerprint density at radius 2 is 2.05 bits per heavy atom. The van der Waals surface area contributed by atoms with Crippen LogP contribution in [0.1, 0.15) is 22.8 Å². The molecule has 0 bridgehead atoms. The first-order valence-corrected chi connectivity index (χ1v) is 7.67. The fourth-order valence-corrected chi connectivity index (χ4v) is 2.77. The molecular weight excluding hydrogens is 354 g/mol. The number of hydrogen-bond donors (Lipinski definition) is 1. The van der Waals surface area contributed by atoms with Crippen molar-refractivity contribution in [3.05, 3.63) is 57.0 Å². The van der Waals surface area contributed by atoms with Crippen molar-refractivity contribution in [3.63, 3.8) is 0 Å². The zero-order valence-electron chi connectivity index (χ0n) is 11.7. The van der Waals surface area contributed by atoms with E-state index in [1.54, 1.807) is 18.2 Å². The second kappa shape index (κ2) is 6.96. The number of carbonyl (C=O) groups is 1. The zero-order valence-corrected chi connectivity index (χ0v) is 14.1. The van der Waals surface area contributed by atoms with E-state index in [4.69, 9.17) is 16.3 Å². The SMILES string of the molecule is CCOc1ccc(NC(=O)c2cc(Cl)cc(Br)c2)c(C)c1. The van der Waals surface area contributed by atoms with Crippen LogP contribution in [-0.2, 0) is 0 Å². The predicted molar refractivity (Wildman–Crippen MR) is 89.5 cm³/mol. The van der Waals surface area contributed by atoms with Crippen LogP contribution >= 0.6 is 27.5 Å². The summed E-state index contributed by atoms with van der Waals surface area (Å²) < 4.78 is 6.19. The Morgan fingerprint density at radius 3 is 2.67 bits per heavy atom. The monoisotopic (exact) mass is 367 g/mol. The van der Waals surface area contributed by atoms with Gasteiger partial charge in [-0.05, 0) is 55.8 Å². The van der Waals surface area contributed by atoms with Gasteiger partial charge in [0.15, 0.2) is 0 Å². The van der Waals surface area contributed by atoms with E-state index in [1.165, 1.54) is 0 Å². The minimum Gasteiger partial charge on any atom is -0.494 e. The molecule has 0 spiro atoms. The van der Waals surface area contributed by atoms with Gasteiger partial charge in [-0.15, -0.1) is 0 Å². The van der Waals surface area contributed by atoms with Gasteiger partial charge in [-0.2, -0.15) is 0 Å². The molecule has 2 rings (SSSR count). The molecule has 21 heavy (non-hydrogen) atoms. The normalized spacial score (nSPS) is 10.3. The third-order valence-corrected chi connectivity index (χ3v) is 3.56. The number of benzene rings is 2. The molecule has 0 aromatic heterocycles. The van der Waals surface area contributed by atoms with Crippen LogP contribution in [0, 0.1) is 6.92 Å². The van der Waals surface area contributed by atoms with E-state index in [2.05, 4.69) is 21.2 Å². The Morgan fingerprint density at radius 1 is 1.29 bits per heavy atom. The van der Waals surface area contributed by atoms with E-state index in [1.807, 2.05) is 32.0 Å². The summed E-state index contributed by atoms with van der Waals surface area (Å²) in [6.07, 6.45) is 0. The molecule has 1 amide bonds. The lowest BCUT2D eigenvalue weighted by Gasteiger charge is -2.11. The summed E-state index contributed by atoms with van der Waals surface area (Å²) >= 11 is 9.28. The van der Waals surface area contributed by atoms with Crippen molar-refractivity contribution in [2.24, 2.45) is 0 Å². The molecule has 0 saturated carbocycles. The van der Waals surface area contributed by atoms with Crippen LogP contribution in [0.4, 0.5) is 5.69 Å². The summed E-state index contributed by atoms with van der Waals surface area (Å²) in [5, 5.41) is 3.39. The summed E-state index contributed by atoms with van der Waals surface area (Å²) in [7, 11) is 0. The number of carbonyl (C=O) groups excluding carboxylic acids is 1. The lowest BCUT2D eigenvalue weighted by molar-refractivity contribution is 0.102. The molecule has 0 atom stereocenters. The zero-order chi connectivity index (χ0) is 15.4. The molecule has 0 radical (unpaired) electrons. The smallest absolute Gasteiger partial charge is 0.255 e. The number of anilines is 1. The Bertz CT molecular complexity index is 653. The fourth-order valence-electron chi connectivity index (χ4n) is 1.91. The summed E-state index contributed by atoms with van der Waals surface area (Å²) in [5.41, 5.74) is 2.19. The third-order valence-electron chi connectivity index (χ3n) is 2.88. The molecule has 2 aromatic rings. The number of hydrogen-bond acceptors (Lipinski definition) is 2. The molecule has 0 aliphatic rings. The lowest BCUT2D eigenvalue weighted by atomic mass is 10.1. The van der Waals surface area contributed by atoms with Gasteiger partial charge in [-0.3, -0.25) is 4.79 Å². The molecule has 1 N–H and O–H groups in total. The van der Waals surface area contributed by atoms with Crippen molar-refractivity contribution in [3.8, 4) is 5.75 Å². The van der Waals surface area contributed by atoms with E-state index in [-0.39, 0.29) is 5.91 Å². The first kappa shape index (κ1) is 15.9. The van der Waals surface area contributed by atoms with Gasteiger partial charge < -0.3 is 10.1 Å². The van der Waals surface area contributed by atoms with Gasteiger partial charge in [-0.1, -0.05) is 27.5 Å². The van der Waals surface area contributed by atoms with Crippen LogP contribution in [0.5, 0.6) is 5.75 Å². The van der Waals surface area contributed by atoms with Gasteiger partial charge in [0.05, 0.1) is 6.61 Å². The van der Waals surface area contributed by atoms with Crippen molar-refractivity contribution < 1.29 is 9.53 Å². The van der Waals surface area contributed by atoms with Crippen LogP contribution in [0.2, 0.25) is 5.02 Å². The van der Waals surface area contributed by atoms with Crippen molar-refractivity contribution in [2.45, 2.75) is 13.8 Å². The number of halogens is 2. The molecule has 2 aromatic carbocycles. The molecular formula is C16H15BrClNO2. The Kier molecular flexibility index (Phi) is 5.26. The third kappa shape index (κ3) is 4.22. The number of aryl methyl sites for hydroxylation is 1. The van der Waals surface area contributed by atoms with Crippen LogP contribution in [0.3, 0.4) is 0 Å². The quantitative estimate of drug-likeness (QED) is 0.819. The number of rotatable bonds is 4. The average molecular weight is 369 g/mol. The van der Waals surface area contributed by atoms with Crippen LogP contribution in [0.15, 0.2) is 40.9 Å². The lowest BCUT2D eigenvalue weighted by Crippen LogP contribution is -2.12. The molecule has 5 heteroatoms. The highest BCUT2D eigenvalue weighted by molar-refractivity contribution is 9.10. The minimum absolute atomic E-state index is 0.203. The van der Waals surface area contributed by atoms with Crippen molar-refractivity contribution in [2.75, 3.05) is 11.9 Å². The summed E-state index contributed by atoms with van der Waals surface area (Å²) in [6, 6.07) is 10.7. The summed E-state index contributed by atoms with van der Waals surface area (Å²) in [6.45, 7) is 4.47. The maximum Gasteiger partial charge on any atom is 0.255 e. The number of nitrogens with one attached hydrogen (secondary N) is 1. The first-order chi connectivity index (χ1) is 9.99. The van der Waals surface area contributed by atoms with E-state index < -0.39 is 0 Å². The van der Waals surface area contributed by atoms with Gasteiger partial charge >= 0.3 is 0 Å². The average Bonchev–Trinajstić information content (AvgIpc) is 2.41. The fraction of sp³-hybridized carbons (Fsp3) is 0.188. The van der Waals surface area contributed by atoms with Gasteiger partial charge in [0.1, 0.15) is 5.75 Å². The van der Waals surface area contributed by atoms with E-state index in [0.29, 0.717) is 17.2 Å². The predicted octanol–water partition coefficient (Wildman–Crippen LogP) is 5.06. The van der Waals surface area contributed by atoms with Gasteiger partial charge in [0.25, 0.3) is 5.91 Å². The molecule has 0 fully saturated rings. The molecule has 0 aliphatic heterocycles. The van der Waals surface area contributed by atoms with Gasteiger partial charge in [0, 0.05) is 20.7 Å². The Hall–Kier alpha value is -1.52.